The van der Waals surface area contributed by atoms with Gasteiger partial charge in [-0.05, 0) is 98.3 Å². The molecule has 0 unspecified atom stereocenters. The van der Waals surface area contributed by atoms with Crippen molar-refractivity contribution in [3.8, 4) is 5.75 Å². The van der Waals surface area contributed by atoms with Gasteiger partial charge in [0, 0.05) is 50.5 Å². The van der Waals surface area contributed by atoms with Crippen molar-refractivity contribution in [2.75, 3.05) is 36.3 Å². The first-order valence-corrected chi connectivity index (χ1v) is 17.4. The Labute approximate surface area is 277 Å². The summed E-state index contributed by atoms with van der Waals surface area (Å²) in [6.45, 7) is 5.20. The second-order valence-corrected chi connectivity index (χ2v) is 13.1. The molecule has 0 spiro atoms. The maximum atomic E-state index is 12.9. The lowest BCUT2D eigenvalue weighted by Crippen LogP contribution is -2.22. The van der Waals surface area contributed by atoms with Crippen molar-refractivity contribution in [1.29, 1.82) is 0 Å². The van der Waals surface area contributed by atoms with Gasteiger partial charge in [-0.25, -0.2) is 8.42 Å². The van der Waals surface area contributed by atoms with E-state index in [0.29, 0.717) is 42.3 Å². The number of sulfonamides is 1. The van der Waals surface area contributed by atoms with Crippen LogP contribution in [-0.4, -0.2) is 56.8 Å². The van der Waals surface area contributed by atoms with Crippen LogP contribution in [0.3, 0.4) is 0 Å². The number of anilines is 2. The number of phenols is 1. The summed E-state index contributed by atoms with van der Waals surface area (Å²) in [7, 11) is -3.75. The maximum absolute atomic E-state index is 12.9. The summed E-state index contributed by atoms with van der Waals surface area (Å²) < 4.78 is 39.1. The Morgan fingerprint density at radius 2 is 1.55 bits per heavy atom. The van der Waals surface area contributed by atoms with Gasteiger partial charge in [-0.3, -0.25) is 14.3 Å². The van der Waals surface area contributed by atoms with Gasteiger partial charge in [0.2, 0.25) is 5.91 Å². The lowest BCUT2D eigenvalue weighted by molar-refractivity contribution is -0.142. The zero-order chi connectivity index (χ0) is 34.1. The third-order valence-corrected chi connectivity index (χ3v) is 8.70. The van der Waals surface area contributed by atoms with Crippen molar-refractivity contribution in [2.45, 2.75) is 76.4 Å². The molecule has 3 aromatic rings. The standard InChI is InChI=1S/C35H47N3O8S/c1-26(39)37-31-14-16-32(17-15-31)38-47(43,44)33-12-9-11-28(22-33)10-5-8-21-45-20-7-4-3-6-19-36-24-35(42)29-13-18-34(41)30(23-29)25-46-27(2)40/h9,11-18,22-23,35-36,38,41-42H,3-8,10,19-21,24-25H2,1-2H3,(H,37,39)/t35-/m0/s1. The van der Waals surface area contributed by atoms with E-state index in [9.17, 15) is 28.2 Å². The van der Waals surface area contributed by atoms with Crippen LogP contribution in [0.15, 0.2) is 71.6 Å². The molecular formula is C35H47N3O8S. The molecular weight excluding hydrogens is 622 g/mol. The largest absolute Gasteiger partial charge is 0.508 e. The average Bonchev–Trinajstić information content (AvgIpc) is 3.03. The van der Waals surface area contributed by atoms with E-state index in [1.54, 1.807) is 54.6 Å². The SMILES string of the molecule is CC(=O)Nc1ccc(NS(=O)(=O)c2cccc(CCCCOCCCCCCNC[C@H](O)c3ccc(O)c(COC(C)=O)c3)c2)cc1. The Hall–Kier alpha value is -3.97. The monoisotopic (exact) mass is 669 g/mol. The average molecular weight is 670 g/mol. The van der Waals surface area contributed by atoms with E-state index in [4.69, 9.17) is 9.47 Å². The number of carbonyl (C=O) groups excluding carboxylic acids is 2. The Kier molecular flexibility index (Phi) is 15.7. The Morgan fingerprint density at radius 1 is 0.851 bits per heavy atom. The maximum Gasteiger partial charge on any atom is 0.302 e. The Morgan fingerprint density at radius 3 is 2.28 bits per heavy atom. The number of hydrogen-bond donors (Lipinski definition) is 5. The first-order chi connectivity index (χ1) is 22.5. The van der Waals surface area contributed by atoms with Crippen molar-refractivity contribution in [3.63, 3.8) is 0 Å². The number of rotatable bonds is 21. The number of phenolic OH excluding ortho intramolecular Hbond substituents is 1. The highest BCUT2D eigenvalue weighted by molar-refractivity contribution is 7.92. The molecule has 0 heterocycles. The highest BCUT2D eigenvalue weighted by atomic mass is 32.2. The first kappa shape index (κ1) is 37.5. The minimum Gasteiger partial charge on any atom is -0.508 e. The summed E-state index contributed by atoms with van der Waals surface area (Å²) >= 11 is 0. The van der Waals surface area contributed by atoms with E-state index >= 15 is 0 Å². The molecule has 47 heavy (non-hydrogen) atoms. The van der Waals surface area contributed by atoms with Gasteiger partial charge in [-0.2, -0.15) is 0 Å². The molecule has 0 saturated carbocycles. The van der Waals surface area contributed by atoms with E-state index in [2.05, 4.69) is 15.4 Å². The van der Waals surface area contributed by atoms with Crippen LogP contribution in [0, 0.1) is 0 Å². The number of amides is 1. The zero-order valence-corrected chi connectivity index (χ0v) is 28.0. The fourth-order valence-corrected chi connectivity index (χ4v) is 5.94. The topological polar surface area (TPSA) is 163 Å². The van der Waals surface area contributed by atoms with E-state index in [-0.39, 0.29) is 23.2 Å². The van der Waals surface area contributed by atoms with Crippen molar-refractivity contribution < 1.29 is 37.7 Å². The number of aromatic hydroxyl groups is 1. The lowest BCUT2D eigenvalue weighted by Gasteiger charge is -2.14. The van der Waals surface area contributed by atoms with E-state index in [1.807, 2.05) is 6.07 Å². The molecule has 0 aliphatic rings. The molecule has 0 saturated heterocycles. The van der Waals surface area contributed by atoms with Crippen LogP contribution >= 0.6 is 0 Å². The van der Waals surface area contributed by atoms with Crippen LogP contribution < -0.4 is 15.4 Å². The van der Waals surface area contributed by atoms with Gasteiger partial charge in [0.15, 0.2) is 0 Å². The minimum atomic E-state index is -3.75. The van der Waals surface area contributed by atoms with Gasteiger partial charge in [0.05, 0.1) is 11.0 Å². The number of aryl methyl sites for hydroxylation is 1. The van der Waals surface area contributed by atoms with Crippen LogP contribution in [0.4, 0.5) is 11.4 Å². The van der Waals surface area contributed by atoms with Gasteiger partial charge < -0.3 is 30.3 Å². The summed E-state index contributed by atoms with van der Waals surface area (Å²) in [5.41, 5.74) is 3.05. The molecule has 0 bridgehead atoms. The summed E-state index contributed by atoms with van der Waals surface area (Å²) in [4.78, 5) is 22.4. The molecule has 0 aromatic heterocycles. The molecule has 256 valence electrons. The molecule has 3 aromatic carbocycles. The van der Waals surface area contributed by atoms with Crippen LogP contribution in [-0.2, 0) is 42.1 Å². The van der Waals surface area contributed by atoms with Crippen molar-refractivity contribution in [2.24, 2.45) is 0 Å². The Balaban J connectivity index is 1.22. The Bertz CT molecular complexity index is 1530. The number of hydrogen-bond acceptors (Lipinski definition) is 9. The molecule has 1 atom stereocenters. The van der Waals surface area contributed by atoms with Crippen molar-refractivity contribution >= 4 is 33.3 Å². The number of carbonyl (C=O) groups is 2. The summed E-state index contributed by atoms with van der Waals surface area (Å²) in [6.07, 6.45) is 5.85. The third-order valence-electron chi connectivity index (χ3n) is 7.32. The molecule has 3 rings (SSSR count). The number of nitrogens with one attached hydrogen (secondary N) is 3. The number of benzene rings is 3. The number of aliphatic hydroxyl groups is 1. The highest BCUT2D eigenvalue weighted by Crippen LogP contribution is 2.23. The summed E-state index contributed by atoms with van der Waals surface area (Å²) in [6, 6.07) is 18.2. The van der Waals surface area contributed by atoms with E-state index in [1.165, 1.54) is 19.9 Å². The molecule has 1 amide bonds. The molecule has 0 radical (unpaired) electrons. The van der Waals surface area contributed by atoms with Gasteiger partial charge in [-0.1, -0.05) is 31.0 Å². The fourth-order valence-electron chi connectivity index (χ4n) is 4.81. The second-order valence-electron chi connectivity index (χ2n) is 11.4. The fraction of sp³-hybridized carbons (Fsp3) is 0.429. The van der Waals surface area contributed by atoms with Gasteiger partial charge >= 0.3 is 5.97 Å². The lowest BCUT2D eigenvalue weighted by atomic mass is 10.1. The van der Waals surface area contributed by atoms with Crippen molar-refractivity contribution in [1.82, 2.24) is 5.32 Å². The predicted molar refractivity (Wildman–Crippen MR) is 182 cm³/mol. The zero-order valence-electron chi connectivity index (χ0n) is 27.2. The predicted octanol–water partition coefficient (Wildman–Crippen LogP) is 5.44. The smallest absolute Gasteiger partial charge is 0.302 e. The highest BCUT2D eigenvalue weighted by Gasteiger charge is 2.15. The second kappa shape index (κ2) is 19.6. The van der Waals surface area contributed by atoms with Crippen LogP contribution in [0.25, 0.3) is 0 Å². The van der Waals surface area contributed by atoms with Gasteiger partial charge in [0.1, 0.15) is 12.4 Å². The molecule has 11 nitrogen and oxygen atoms in total. The molecule has 12 heteroatoms. The minimum absolute atomic E-state index is 0.0233. The number of unbranched alkanes of at least 4 members (excludes halogenated alkanes) is 4. The van der Waals surface area contributed by atoms with Crippen LogP contribution in [0.1, 0.15) is 75.2 Å². The van der Waals surface area contributed by atoms with Gasteiger partial charge in [0.25, 0.3) is 10.0 Å². The third kappa shape index (κ3) is 14.1. The first-order valence-electron chi connectivity index (χ1n) is 15.9. The normalized spacial score (nSPS) is 12.0. The van der Waals surface area contributed by atoms with Gasteiger partial charge in [-0.15, -0.1) is 0 Å². The summed E-state index contributed by atoms with van der Waals surface area (Å²) in [5.74, 6) is -0.608. The van der Waals surface area contributed by atoms with E-state index < -0.39 is 22.1 Å². The van der Waals surface area contributed by atoms with E-state index in [0.717, 1.165) is 57.1 Å². The van der Waals surface area contributed by atoms with Crippen LogP contribution in [0.2, 0.25) is 0 Å². The molecule has 0 aliphatic carbocycles. The van der Waals surface area contributed by atoms with Crippen molar-refractivity contribution in [3.05, 3.63) is 83.4 Å². The number of aliphatic hydroxyl groups excluding tert-OH is 1. The quantitative estimate of drug-likeness (QED) is 0.0735. The number of ether oxygens (including phenoxy) is 2. The molecule has 5 N–H and O–H groups in total. The molecule has 0 fully saturated rings. The summed E-state index contributed by atoms with van der Waals surface area (Å²) in [5, 5.41) is 26.3. The van der Waals surface area contributed by atoms with Crippen LogP contribution in [0.5, 0.6) is 5.75 Å². The molecule has 0 aliphatic heterocycles. The number of esters is 1.